The molecule has 0 unspecified atom stereocenters. The highest BCUT2D eigenvalue weighted by Crippen LogP contribution is 2.26. The minimum Gasteiger partial charge on any atom is -0.452 e. The predicted molar refractivity (Wildman–Crippen MR) is 99.0 cm³/mol. The van der Waals surface area contributed by atoms with E-state index in [1.54, 1.807) is 0 Å². The molecule has 0 radical (unpaired) electrons. The highest BCUT2D eigenvalue weighted by atomic mass is 32.2. The summed E-state index contributed by atoms with van der Waals surface area (Å²) in [4.78, 5) is 34.9. The minimum atomic E-state index is -1.29. The fourth-order valence-electron chi connectivity index (χ4n) is 2.06. The number of nitro groups is 1. The number of benzene rings is 2. The minimum absolute atomic E-state index is 0.0785. The monoisotopic (exact) mass is 410 g/mol. The zero-order chi connectivity index (χ0) is 20.8. The lowest BCUT2D eigenvalue weighted by atomic mass is 10.2. The number of esters is 1. The molecule has 2 aromatic rings. The third kappa shape index (κ3) is 5.49. The number of rotatable bonds is 7. The van der Waals surface area contributed by atoms with Gasteiger partial charge in [-0.25, -0.2) is 8.78 Å². The fraction of sp³-hybridized carbons (Fsp3) is 0.222. The number of anilines is 1. The molecule has 0 aliphatic carbocycles. The molecule has 0 bridgehead atoms. The molecular formula is C18H16F2N2O5S. The van der Waals surface area contributed by atoms with Crippen molar-refractivity contribution in [3.8, 4) is 0 Å². The average Bonchev–Trinajstić information content (AvgIpc) is 2.64. The van der Waals surface area contributed by atoms with Crippen molar-refractivity contribution in [1.82, 2.24) is 0 Å². The van der Waals surface area contributed by atoms with Gasteiger partial charge in [0.05, 0.1) is 4.92 Å². The van der Waals surface area contributed by atoms with Crippen LogP contribution in [0.1, 0.15) is 13.8 Å². The number of para-hydroxylation sites is 1. The Bertz CT molecular complexity index is 872. The largest absolute Gasteiger partial charge is 0.452 e. The molecule has 28 heavy (non-hydrogen) atoms. The summed E-state index contributed by atoms with van der Waals surface area (Å²) in [6.45, 7) is 2.81. The molecule has 7 nitrogen and oxygen atoms in total. The molecule has 1 amide bonds. The third-order valence-corrected chi connectivity index (χ3v) is 4.66. The van der Waals surface area contributed by atoms with Crippen LogP contribution in [0.15, 0.2) is 47.4 Å². The van der Waals surface area contributed by atoms with Crippen LogP contribution in [0.25, 0.3) is 0 Å². The molecule has 1 N–H and O–H groups in total. The second-order valence-electron chi connectivity index (χ2n) is 5.68. The SMILES string of the molecule is C[C@@H](OC(=O)[C@@H](C)Sc1ccc([N+](=O)[O-])cc1)C(=O)Nc1c(F)cccc1F. The van der Waals surface area contributed by atoms with Gasteiger partial charge in [0, 0.05) is 17.0 Å². The normalized spacial score (nSPS) is 12.7. The Morgan fingerprint density at radius 3 is 2.21 bits per heavy atom. The number of nitrogens with zero attached hydrogens (tertiary/aromatic N) is 1. The van der Waals surface area contributed by atoms with E-state index in [0.29, 0.717) is 4.90 Å². The van der Waals surface area contributed by atoms with Crippen molar-refractivity contribution in [3.63, 3.8) is 0 Å². The van der Waals surface area contributed by atoms with Crippen molar-refractivity contribution in [1.29, 1.82) is 0 Å². The van der Waals surface area contributed by atoms with Crippen LogP contribution in [-0.2, 0) is 14.3 Å². The molecule has 0 spiro atoms. The van der Waals surface area contributed by atoms with E-state index in [0.717, 1.165) is 30.0 Å². The van der Waals surface area contributed by atoms with Gasteiger partial charge in [0.2, 0.25) is 0 Å². The smallest absolute Gasteiger partial charge is 0.319 e. The number of carbonyl (C=O) groups excluding carboxylic acids is 2. The molecule has 0 heterocycles. The predicted octanol–water partition coefficient (Wildman–Crippen LogP) is 3.92. The maximum Gasteiger partial charge on any atom is 0.319 e. The van der Waals surface area contributed by atoms with E-state index in [-0.39, 0.29) is 5.69 Å². The van der Waals surface area contributed by atoms with Crippen LogP contribution < -0.4 is 5.32 Å². The molecule has 0 aliphatic rings. The first kappa shape index (κ1) is 21.3. The van der Waals surface area contributed by atoms with E-state index in [1.807, 2.05) is 0 Å². The number of hydrogen-bond donors (Lipinski definition) is 1. The molecule has 2 atom stereocenters. The van der Waals surface area contributed by atoms with Gasteiger partial charge < -0.3 is 10.1 Å². The lowest BCUT2D eigenvalue weighted by Crippen LogP contribution is -2.33. The van der Waals surface area contributed by atoms with Crippen molar-refractivity contribution < 1.29 is 28.0 Å². The van der Waals surface area contributed by atoms with Gasteiger partial charge in [-0.15, -0.1) is 11.8 Å². The van der Waals surface area contributed by atoms with Crippen molar-refractivity contribution in [2.45, 2.75) is 30.1 Å². The zero-order valence-corrected chi connectivity index (χ0v) is 15.7. The molecule has 10 heteroatoms. The summed E-state index contributed by atoms with van der Waals surface area (Å²) in [6, 6.07) is 8.71. The Labute approximate surface area is 163 Å². The van der Waals surface area contributed by atoms with Crippen LogP contribution >= 0.6 is 11.8 Å². The van der Waals surface area contributed by atoms with Crippen molar-refractivity contribution in [2.24, 2.45) is 0 Å². The second kappa shape index (κ2) is 9.27. The summed E-state index contributed by atoms with van der Waals surface area (Å²) >= 11 is 1.09. The number of amides is 1. The van der Waals surface area contributed by atoms with E-state index < -0.39 is 45.5 Å². The van der Waals surface area contributed by atoms with Crippen LogP contribution in [-0.4, -0.2) is 28.2 Å². The van der Waals surface area contributed by atoms with Gasteiger partial charge in [0.15, 0.2) is 6.10 Å². The molecule has 2 aromatic carbocycles. The van der Waals surface area contributed by atoms with Gasteiger partial charge in [0.1, 0.15) is 22.6 Å². The Morgan fingerprint density at radius 1 is 1.11 bits per heavy atom. The first-order chi connectivity index (χ1) is 13.2. The Balaban J connectivity index is 1.93. The van der Waals surface area contributed by atoms with E-state index >= 15 is 0 Å². The quantitative estimate of drug-likeness (QED) is 0.321. The van der Waals surface area contributed by atoms with Gasteiger partial charge >= 0.3 is 5.97 Å². The first-order valence-corrected chi connectivity index (χ1v) is 8.93. The highest BCUT2D eigenvalue weighted by Gasteiger charge is 2.24. The molecule has 0 aromatic heterocycles. The van der Waals surface area contributed by atoms with Gasteiger partial charge in [-0.05, 0) is 38.1 Å². The standard InChI is InChI=1S/C18H16F2N2O5S/c1-10(17(23)21-16-14(19)4-3-5-15(16)20)27-18(24)11(2)28-13-8-6-12(7-9-13)22(25)26/h3-11H,1-2H3,(H,21,23)/t10-,11-/m1/s1. The van der Waals surface area contributed by atoms with Gasteiger partial charge in [0.25, 0.3) is 11.6 Å². The molecule has 0 fully saturated rings. The van der Waals surface area contributed by atoms with Crippen LogP contribution in [0.5, 0.6) is 0 Å². The molecule has 0 aliphatic heterocycles. The number of thioether (sulfide) groups is 1. The van der Waals surface area contributed by atoms with Gasteiger partial charge in [-0.2, -0.15) is 0 Å². The highest BCUT2D eigenvalue weighted by molar-refractivity contribution is 8.00. The van der Waals surface area contributed by atoms with Crippen molar-refractivity contribution >= 4 is 35.0 Å². The van der Waals surface area contributed by atoms with Crippen LogP contribution in [0.4, 0.5) is 20.2 Å². The maximum absolute atomic E-state index is 13.6. The van der Waals surface area contributed by atoms with Crippen molar-refractivity contribution in [3.05, 3.63) is 64.2 Å². The Kier molecular flexibility index (Phi) is 7.05. The first-order valence-electron chi connectivity index (χ1n) is 8.05. The Morgan fingerprint density at radius 2 is 1.68 bits per heavy atom. The number of hydrogen-bond acceptors (Lipinski definition) is 6. The molecule has 148 valence electrons. The van der Waals surface area contributed by atoms with Crippen LogP contribution in [0.2, 0.25) is 0 Å². The molecular weight excluding hydrogens is 394 g/mol. The number of nitrogens with one attached hydrogen (secondary N) is 1. The topological polar surface area (TPSA) is 98.5 Å². The van der Waals surface area contributed by atoms with Crippen molar-refractivity contribution in [2.75, 3.05) is 5.32 Å². The number of nitro benzene ring substituents is 1. The summed E-state index contributed by atoms with van der Waals surface area (Å²) in [5.74, 6) is -3.51. The van der Waals surface area contributed by atoms with Crippen LogP contribution in [0, 0.1) is 21.7 Å². The molecule has 0 saturated carbocycles. The summed E-state index contributed by atoms with van der Waals surface area (Å²) in [6.07, 6.45) is -1.29. The third-order valence-electron chi connectivity index (χ3n) is 3.57. The fourth-order valence-corrected chi connectivity index (χ4v) is 2.92. The summed E-state index contributed by atoms with van der Waals surface area (Å²) in [5, 5.41) is 12.0. The van der Waals surface area contributed by atoms with E-state index in [2.05, 4.69) is 5.32 Å². The Hall–Kier alpha value is -3.01. The van der Waals surface area contributed by atoms with E-state index in [1.165, 1.54) is 38.1 Å². The van der Waals surface area contributed by atoms with E-state index in [9.17, 15) is 28.5 Å². The second-order valence-corrected chi connectivity index (χ2v) is 7.09. The number of halogens is 2. The average molecular weight is 410 g/mol. The summed E-state index contributed by atoms with van der Waals surface area (Å²) in [7, 11) is 0. The summed E-state index contributed by atoms with van der Waals surface area (Å²) in [5.41, 5.74) is -0.700. The number of ether oxygens (including phenoxy) is 1. The molecule has 2 rings (SSSR count). The zero-order valence-electron chi connectivity index (χ0n) is 14.8. The van der Waals surface area contributed by atoms with Crippen LogP contribution in [0.3, 0.4) is 0 Å². The maximum atomic E-state index is 13.6. The number of non-ortho nitro benzene ring substituents is 1. The van der Waals surface area contributed by atoms with Gasteiger partial charge in [-0.3, -0.25) is 19.7 Å². The number of carbonyl (C=O) groups is 2. The van der Waals surface area contributed by atoms with Gasteiger partial charge in [-0.1, -0.05) is 6.07 Å². The van der Waals surface area contributed by atoms with E-state index in [4.69, 9.17) is 4.74 Å². The summed E-state index contributed by atoms with van der Waals surface area (Å²) < 4.78 is 32.2. The lowest BCUT2D eigenvalue weighted by Gasteiger charge is -2.17. The lowest BCUT2D eigenvalue weighted by molar-refractivity contribution is -0.384. The molecule has 0 saturated heterocycles.